The molecule has 0 saturated heterocycles. The minimum absolute atomic E-state index is 0.201. The van der Waals surface area contributed by atoms with Crippen LogP contribution in [0.3, 0.4) is 0 Å². The third kappa shape index (κ3) is 17.1. The Kier molecular flexibility index (Phi) is 23.5. The van der Waals surface area contributed by atoms with E-state index in [1.54, 1.807) is 0 Å². The van der Waals surface area contributed by atoms with E-state index in [1.165, 1.54) is 105 Å². The molecule has 0 amide bonds. The van der Waals surface area contributed by atoms with Gasteiger partial charge in [0.25, 0.3) is 0 Å². The average molecular weight is 2080 g/mol. The van der Waals surface area contributed by atoms with Crippen molar-refractivity contribution in [2.45, 2.75) is 0 Å². The molecule has 147 heavy (non-hydrogen) atoms. The molecule has 0 bridgehead atoms. The van der Waals surface area contributed by atoms with Crippen molar-refractivity contribution in [3.63, 3.8) is 0 Å². The van der Waals surface area contributed by atoms with Crippen molar-refractivity contribution in [2.24, 2.45) is 0 Å². The summed E-state index contributed by atoms with van der Waals surface area (Å²) in [5.74, 6) is 5.78. The van der Waals surface area contributed by atoms with E-state index in [0.717, 1.165) is 132 Å². The summed E-state index contributed by atoms with van der Waals surface area (Å²) >= 11 is 5.83. The molecular formula is C133H83N9O2Se3. The summed E-state index contributed by atoms with van der Waals surface area (Å²) in [5, 5.41) is 16.1. The van der Waals surface area contributed by atoms with Crippen LogP contribution in [0.25, 0.3) is 276 Å². The molecule has 0 radical (unpaired) electrons. The van der Waals surface area contributed by atoms with Crippen molar-refractivity contribution >= 4 is 162 Å². The van der Waals surface area contributed by atoms with Crippen molar-refractivity contribution in [1.29, 1.82) is 0 Å². The maximum atomic E-state index is 6.26. The SMILES string of the molecule is [SeH]c1c(-c2cccc(-c3ccccc3)c2)cccc1-c1cccc2c(-c3nc(-c4ccccc4)nc(-c4cccc5oc6ccccc6c45)n3)cccc12.[SeH]c1c(-c2ccccc2)cccc1-c1cccc(-c2cccc3cc(-c4nc(-c5ccccc5)nc(-c5cccc6oc7ccccc7c56)n4)ccc23)c1.c1ccc(-c2nc(-c3ccc4c(ccc5ccccc54)c3)nc(-c3cccc4c3[se]c3ccccc34)n2)cc1. The minimum atomic E-state index is 0.201. The molecule has 0 aliphatic carbocycles. The summed E-state index contributed by atoms with van der Waals surface area (Å²) in [7, 11) is 0. The van der Waals surface area contributed by atoms with Gasteiger partial charge in [-0.1, -0.05) is 91.0 Å². The van der Waals surface area contributed by atoms with Gasteiger partial charge in [0.15, 0.2) is 11.6 Å². The van der Waals surface area contributed by atoms with Gasteiger partial charge in [-0.05, 0) is 24.3 Å². The van der Waals surface area contributed by atoms with Gasteiger partial charge in [-0.2, -0.15) is 0 Å². The first kappa shape index (κ1) is 89.2. The van der Waals surface area contributed by atoms with E-state index in [4.69, 9.17) is 53.7 Å². The number of fused-ring (bicyclic) bond motifs is 14. The number of rotatable bonds is 15. The van der Waals surface area contributed by atoms with Gasteiger partial charge in [-0.25, -0.2) is 4.98 Å². The van der Waals surface area contributed by atoms with Crippen LogP contribution < -0.4 is 8.92 Å². The quantitative estimate of drug-likeness (QED) is 0.0715. The Hall–Kier alpha value is -17.9. The Bertz CT molecular complexity index is 10000. The third-order valence-corrected chi connectivity index (χ3v) is 32.0. The first-order valence-corrected chi connectivity index (χ1v) is 52.4. The third-order valence-electron chi connectivity index (χ3n) is 27.5. The van der Waals surface area contributed by atoms with E-state index in [-0.39, 0.29) is 14.5 Å². The summed E-state index contributed by atoms with van der Waals surface area (Å²) in [6, 6.07) is 171. The predicted octanol–water partition coefficient (Wildman–Crippen LogP) is 31.4. The van der Waals surface area contributed by atoms with Crippen LogP contribution in [-0.2, 0) is 0 Å². The molecule has 0 spiro atoms. The number of hydrogen-bond acceptors (Lipinski definition) is 11. The van der Waals surface area contributed by atoms with E-state index in [0.29, 0.717) is 46.6 Å². The number of furan rings is 2. The summed E-state index contributed by atoms with van der Waals surface area (Å²) in [6.45, 7) is 0. The van der Waals surface area contributed by atoms with Crippen LogP contribution >= 0.6 is 0 Å². The molecule has 0 N–H and O–H groups in total. The van der Waals surface area contributed by atoms with Crippen LogP contribution in [0.4, 0.5) is 0 Å². The van der Waals surface area contributed by atoms with E-state index in [9.17, 15) is 0 Å². The molecule has 6 heterocycles. The van der Waals surface area contributed by atoms with Gasteiger partial charge >= 0.3 is 697 Å². The molecule has 22 aromatic carbocycles. The van der Waals surface area contributed by atoms with Crippen molar-refractivity contribution in [2.75, 3.05) is 0 Å². The van der Waals surface area contributed by atoms with Gasteiger partial charge in [0.05, 0.1) is 0 Å². The van der Waals surface area contributed by atoms with Crippen LogP contribution in [0.1, 0.15) is 0 Å². The molecule has 28 aromatic rings. The van der Waals surface area contributed by atoms with Crippen LogP contribution in [0.5, 0.6) is 0 Å². The first-order valence-electron chi connectivity index (χ1n) is 48.8. The van der Waals surface area contributed by atoms with Gasteiger partial charge in [-0.15, -0.1) is 0 Å². The van der Waals surface area contributed by atoms with Crippen LogP contribution in [0.15, 0.2) is 500 Å². The Morgan fingerprint density at radius 2 is 0.469 bits per heavy atom. The Balaban J connectivity index is 0.000000113. The summed E-state index contributed by atoms with van der Waals surface area (Å²) in [6.07, 6.45) is 0. The monoisotopic (exact) mass is 2080 g/mol. The second-order valence-electron chi connectivity index (χ2n) is 36.3. The molecule has 0 unspecified atom stereocenters. The van der Waals surface area contributed by atoms with Gasteiger partial charge in [0, 0.05) is 21.9 Å². The first-order chi connectivity index (χ1) is 72.7. The van der Waals surface area contributed by atoms with Crippen molar-refractivity contribution in [3.05, 3.63) is 491 Å². The number of nitrogens with zero attached hydrogens (tertiary/aromatic N) is 9. The molecule has 11 nitrogen and oxygen atoms in total. The standard InChI is InChI=1S/2C49H31N3OSe.C35H21N3Se/c54-46-35(34-19-9-18-33(30-34)31-14-3-1-4-15-31)21-10-25-39(46)37-23-11-24-38-36(37)22-12-26-40(38)48-50-47(32-16-5-2-6-17-32)51-49(52-48)42-27-13-29-44-45(42)41-20-7-8-28-43(41)53-44;54-46-39(31-13-3-1-4-14-31)22-11-23-40(46)35-18-9-17-33(29-35)37-21-10-19-34-30-36(27-28-38(34)37)48-50-47(32-15-5-2-6-16-32)51-49(52-48)42-24-12-26-44-45(42)41-20-7-8-25-43(41)53-44;1-2-10-23(11-3-1)33-36-34(25-19-20-27-24(21-25)18-17-22-9-4-5-12-26(22)27)38-35(37-33)30-15-8-14-29-28-13-6-7-16-31(28)39-32(29)30/h2*1-30,54H;1-21H. The van der Waals surface area contributed by atoms with Gasteiger partial charge in [-0.3, -0.25) is 0 Å². The fourth-order valence-corrected chi connectivity index (χ4v) is 24.6. The predicted molar refractivity (Wildman–Crippen MR) is 611 cm³/mol. The molecule has 28 rings (SSSR count). The molecule has 0 saturated carbocycles. The molecule has 0 atom stereocenters. The zero-order chi connectivity index (χ0) is 97.8. The Morgan fingerprint density at radius 1 is 0.156 bits per heavy atom. The molecule has 0 fully saturated rings. The normalized spacial score (nSPS) is 11.5. The van der Waals surface area contributed by atoms with E-state index in [2.05, 4.69) is 384 Å². The fraction of sp³-hybridized carbons (Fsp3) is 0. The summed E-state index contributed by atoms with van der Waals surface area (Å²) in [4.78, 5) is 45.8. The van der Waals surface area contributed by atoms with E-state index in [1.807, 2.05) is 140 Å². The molecule has 0 aliphatic heterocycles. The van der Waals surface area contributed by atoms with Crippen LogP contribution in [0.2, 0.25) is 0 Å². The van der Waals surface area contributed by atoms with Gasteiger partial charge in [0.1, 0.15) is 16.7 Å². The number of para-hydroxylation sites is 2. The summed E-state index contributed by atoms with van der Waals surface area (Å²) < 4.78 is 17.6. The molecule has 0 aliphatic rings. The van der Waals surface area contributed by atoms with Gasteiger partial charge in [0.2, 0.25) is 0 Å². The van der Waals surface area contributed by atoms with Crippen molar-refractivity contribution < 1.29 is 8.83 Å². The molecular weight excluding hydrogens is 1990 g/mol. The average Bonchev–Trinajstić information content (AvgIpc) is 1.74. The molecule has 6 aromatic heterocycles. The van der Waals surface area contributed by atoms with E-state index >= 15 is 0 Å². The Labute approximate surface area is 868 Å². The zero-order valence-electron chi connectivity index (χ0n) is 78.9. The molecule has 14 heteroatoms. The molecule has 690 valence electrons. The second-order valence-corrected chi connectivity index (χ2v) is 40.4. The number of aromatic nitrogens is 9. The van der Waals surface area contributed by atoms with Gasteiger partial charge < -0.3 is 8.83 Å². The fourth-order valence-electron chi connectivity index (χ4n) is 20.4. The Morgan fingerprint density at radius 3 is 1.04 bits per heavy atom. The van der Waals surface area contributed by atoms with Crippen molar-refractivity contribution in [3.8, 4) is 169 Å². The second kappa shape index (κ2) is 38.7. The van der Waals surface area contributed by atoms with Crippen molar-refractivity contribution in [1.82, 2.24) is 44.9 Å². The van der Waals surface area contributed by atoms with E-state index < -0.39 is 0 Å². The zero-order valence-corrected chi connectivity index (χ0v) is 84.4. The topological polar surface area (TPSA) is 142 Å². The van der Waals surface area contributed by atoms with Crippen LogP contribution in [-0.4, -0.2) is 91.4 Å². The number of hydrogen-bond donors (Lipinski definition) is 0. The summed E-state index contributed by atoms with van der Waals surface area (Å²) in [5.41, 5.74) is 26.1. The van der Waals surface area contributed by atoms with Crippen LogP contribution in [0, 0.1) is 0 Å². The maximum absolute atomic E-state index is 6.26. The number of benzene rings is 22.